The van der Waals surface area contributed by atoms with Crippen molar-refractivity contribution in [2.45, 2.75) is 0 Å². The molecule has 0 saturated carbocycles. The van der Waals surface area contributed by atoms with Gasteiger partial charge in [-0.2, -0.15) is 5.10 Å². The second kappa shape index (κ2) is 11.7. The van der Waals surface area contributed by atoms with Gasteiger partial charge in [0.2, 0.25) is 5.82 Å². The smallest absolute Gasteiger partial charge is 0.203 e. The number of nitrogens with one attached hydrogen (secondary N) is 2. The van der Waals surface area contributed by atoms with E-state index in [0.717, 1.165) is 0 Å². The van der Waals surface area contributed by atoms with Crippen molar-refractivity contribution in [3.05, 3.63) is 77.6 Å². The standard InChI is InChI=1S/C23H22N10O4/c1-14(10-25-11-15-6-2-4-8-17(15)34)19-22(32-36-30-19)26-13-27-23-20(31-37-33-23)21(24)29-28-12-16-7-3-5-9-18(16)35/h2-9,11-12,34-35H,1,10,13H2,(H2,24,29)(H,26,32)(H,27,33)/b25-11?,28-12+. The molecule has 14 nitrogen and oxygen atoms in total. The maximum atomic E-state index is 9.82. The molecule has 0 bridgehead atoms. The SMILES string of the molecule is C=C(CN=Cc1ccccc1O)c1nonc1NCNc1nonc1C(N)=N/N=C/c1ccccc1O. The maximum Gasteiger partial charge on any atom is 0.203 e. The van der Waals surface area contributed by atoms with Gasteiger partial charge >= 0.3 is 0 Å². The minimum absolute atomic E-state index is 0.0586. The molecule has 188 valence electrons. The normalized spacial score (nSPS) is 11.8. The Morgan fingerprint density at radius 1 is 0.865 bits per heavy atom. The number of para-hydroxylation sites is 2. The van der Waals surface area contributed by atoms with Crippen molar-refractivity contribution >= 4 is 35.5 Å². The fourth-order valence-electron chi connectivity index (χ4n) is 2.94. The number of hydrogen-bond donors (Lipinski definition) is 5. The Balaban J connectivity index is 1.33. The summed E-state index contributed by atoms with van der Waals surface area (Å²) < 4.78 is 9.58. The highest BCUT2D eigenvalue weighted by Crippen LogP contribution is 2.20. The van der Waals surface area contributed by atoms with Crippen LogP contribution in [0.3, 0.4) is 0 Å². The van der Waals surface area contributed by atoms with Crippen molar-refractivity contribution in [3.63, 3.8) is 0 Å². The molecule has 0 aliphatic rings. The number of rotatable bonds is 11. The van der Waals surface area contributed by atoms with Gasteiger partial charge in [0.25, 0.3) is 0 Å². The van der Waals surface area contributed by atoms with E-state index < -0.39 is 0 Å². The number of aromatic nitrogens is 4. The molecule has 2 aromatic carbocycles. The fraction of sp³-hybridized carbons (Fsp3) is 0.0870. The van der Waals surface area contributed by atoms with Gasteiger partial charge in [-0.25, -0.2) is 9.26 Å². The van der Waals surface area contributed by atoms with Crippen molar-refractivity contribution in [2.75, 3.05) is 23.8 Å². The summed E-state index contributed by atoms with van der Waals surface area (Å²) in [6.07, 6.45) is 2.89. The van der Waals surface area contributed by atoms with Gasteiger partial charge in [0.1, 0.15) is 11.5 Å². The average molecular weight is 502 g/mol. The third kappa shape index (κ3) is 6.33. The number of aliphatic imine (C=N–C) groups is 1. The molecule has 0 aliphatic carbocycles. The lowest BCUT2D eigenvalue weighted by Gasteiger charge is -2.06. The van der Waals surface area contributed by atoms with Crippen molar-refractivity contribution < 1.29 is 19.5 Å². The Bertz CT molecular complexity index is 1460. The zero-order valence-corrected chi connectivity index (χ0v) is 19.3. The first kappa shape index (κ1) is 24.6. The van der Waals surface area contributed by atoms with Gasteiger partial charge in [-0.15, -0.1) is 5.10 Å². The van der Waals surface area contributed by atoms with E-state index in [2.05, 4.69) is 53.0 Å². The van der Waals surface area contributed by atoms with Crippen molar-refractivity contribution in [3.8, 4) is 11.5 Å². The van der Waals surface area contributed by atoms with Crippen LogP contribution in [0, 0.1) is 0 Å². The van der Waals surface area contributed by atoms with Crippen molar-refractivity contribution in [1.82, 2.24) is 20.6 Å². The van der Waals surface area contributed by atoms with Crippen LogP contribution >= 0.6 is 0 Å². The van der Waals surface area contributed by atoms with E-state index in [1.165, 1.54) is 12.3 Å². The molecule has 0 fully saturated rings. The summed E-state index contributed by atoms with van der Waals surface area (Å²) in [6.45, 7) is 4.29. The maximum absolute atomic E-state index is 9.82. The molecule has 0 spiro atoms. The number of phenols is 2. The van der Waals surface area contributed by atoms with Crippen LogP contribution in [-0.4, -0.2) is 62.3 Å². The van der Waals surface area contributed by atoms with E-state index in [9.17, 15) is 10.2 Å². The van der Waals surface area contributed by atoms with Crippen LogP contribution in [-0.2, 0) is 0 Å². The molecule has 0 radical (unpaired) electrons. The largest absolute Gasteiger partial charge is 0.507 e. The number of anilines is 2. The molecule has 2 aromatic heterocycles. The zero-order chi connectivity index (χ0) is 26.0. The van der Waals surface area contributed by atoms with E-state index in [1.807, 2.05) is 0 Å². The van der Waals surface area contributed by atoms with E-state index in [-0.39, 0.29) is 42.1 Å². The lowest BCUT2D eigenvalue weighted by atomic mass is 10.2. The molecule has 4 aromatic rings. The topological polar surface area (TPSA) is 205 Å². The second-order valence-corrected chi connectivity index (χ2v) is 7.37. The van der Waals surface area contributed by atoms with Crippen LogP contribution in [0.5, 0.6) is 11.5 Å². The third-order valence-electron chi connectivity index (χ3n) is 4.81. The van der Waals surface area contributed by atoms with Gasteiger partial charge in [0.05, 0.1) is 19.4 Å². The van der Waals surface area contributed by atoms with Crippen LogP contribution in [0.15, 0.2) is 79.6 Å². The van der Waals surface area contributed by atoms with Gasteiger partial charge in [-0.3, -0.25) is 4.99 Å². The molecule has 0 unspecified atom stereocenters. The van der Waals surface area contributed by atoms with Gasteiger partial charge in [-0.05, 0) is 50.5 Å². The van der Waals surface area contributed by atoms with Gasteiger partial charge in [0, 0.05) is 17.3 Å². The molecule has 0 saturated heterocycles. The number of hydrogen-bond acceptors (Lipinski definition) is 13. The van der Waals surface area contributed by atoms with E-state index in [0.29, 0.717) is 28.2 Å². The highest BCUT2D eigenvalue weighted by Gasteiger charge is 2.16. The average Bonchev–Trinajstić information content (AvgIpc) is 3.56. The first-order valence-corrected chi connectivity index (χ1v) is 10.8. The lowest BCUT2D eigenvalue weighted by molar-refractivity contribution is 0.307. The van der Waals surface area contributed by atoms with E-state index in [1.54, 1.807) is 48.7 Å². The Hall–Kier alpha value is -5.53. The monoisotopic (exact) mass is 502 g/mol. The number of nitrogens with zero attached hydrogens (tertiary/aromatic N) is 7. The molecule has 0 atom stereocenters. The minimum atomic E-state index is -0.0603. The van der Waals surface area contributed by atoms with E-state index >= 15 is 0 Å². The van der Waals surface area contributed by atoms with Crippen LogP contribution in [0.4, 0.5) is 11.6 Å². The van der Waals surface area contributed by atoms with Crippen molar-refractivity contribution in [2.24, 2.45) is 20.9 Å². The second-order valence-electron chi connectivity index (χ2n) is 7.37. The summed E-state index contributed by atoms with van der Waals surface area (Å²) in [5, 5.41) is 48.4. The molecular weight excluding hydrogens is 480 g/mol. The quantitative estimate of drug-likeness (QED) is 0.0869. The van der Waals surface area contributed by atoms with E-state index in [4.69, 9.17) is 15.0 Å². The Labute approximate surface area is 209 Å². The summed E-state index contributed by atoms with van der Waals surface area (Å²) >= 11 is 0. The summed E-state index contributed by atoms with van der Waals surface area (Å²) in [6, 6.07) is 13.5. The minimum Gasteiger partial charge on any atom is -0.507 e. The number of nitrogens with two attached hydrogens (primary N) is 1. The first-order valence-electron chi connectivity index (χ1n) is 10.8. The van der Waals surface area contributed by atoms with Crippen LogP contribution in [0.25, 0.3) is 5.57 Å². The first-order chi connectivity index (χ1) is 18.0. The zero-order valence-electron chi connectivity index (χ0n) is 19.3. The highest BCUT2D eigenvalue weighted by molar-refractivity contribution is 5.99. The fourth-order valence-corrected chi connectivity index (χ4v) is 2.94. The third-order valence-corrected chi connectivity index (χ3v) is 4.81. The summed E-state index contributed by atoms with van der Waals surface area (Å²) in [5.41, 5.74) is 8.06. The number of phenolic OH excluding ortho intramolecular Hbond substituents is 2. The van der Waals surface area contributed by atoms with Gasteiger partial charge in [-0.1, -0.05) is 30.8 Å². The van der Waals surface area contributed by atoms with Crippen LogP contribution in [0.1, 0.15) is 22.5 Å². The van der Waals surface area contributed by atoms with Gasteiger partial charge < -0.3 is 26.6 Å². The number of aromatic hydroxyl groups is 2. The molecule has 0 aliphatic heterocycles. The van der Waals surface area contributed by atoms with Gasteiger partial charge in [0.15, 0.2) is 23.0 Å². The molecule has 37 heavy (non-hydrogen) atoms. The van der Waals surface area contributed by atoms with Crippen molar-refractivity contribution in [1.29, 1.82) is 0 Å². The lowest BCUT2D eigenvalue weighted by Crippen LogP contribution is -2.19. The number of amidine groups is 1. The summed E-state index contributed by atoms with van der Waals surface area (Å²) in [7, 11) is 0. The molecule has 0 amide bonds. The summed E-state index contributed by atoms with van der Waals surface area (Å²) in [5.74, 6) is 0.652. The molecule has 6 N–H and O–H groups in total. The Morgan fingerprint density at radius 3 is 2.08 bits per heavy atom. The Morgan fingerprint density at radius 2 is 1.43 bits per heavy atom. The highest BCUT2D eigenvalue weighted by atomic mass is 16.6. The molecular formula is C23H22N10O4. The van der Waals surface area contributed by atoms with Crippen LogP contribution in [0.2, 0.25) is 0 Å². The predicted molar refractivity (Wildman–Crippen MR) is 137 cm³/mol. The Kier molecular flexibility index (Phi) is 7.80. The molecule has 14 heteroatoms. The number of benzene rings is 2. The molecule has 2 heterocycles. The summed E-state index contributed by atoms with van der Waals surface area (Å²) in [4.78, 5) is 4.28. The molecule has 4 rings (SSSR count). The van der Waals surface area contributed by atoms with Crippen LogP contribution < -0.4 is 16.4 Å². The predicted octanol–water partition coefficient (Wildman–Crippen LogP) is 2.22.